The molecule has 59 heavy (non-hydrogen) atoms. The summed E-state index contributed by atoms with van der Waals surface area (Å²) in [5.74, 6) is 1.86. The van der Waals surface area contributed by atoms with E-state index in [0.29, 0.717) is 17.5 Å². The summed E-state index contributed by atoms with van der Waals surface area (Å²) in [6, 6.07) is 70.8. The first kappa shape index (κ1) is 35.9. The Morgan fingerprint density at radius 3 is 1.31 bits per heavy atom. The van der Waals surface area contributed by atoms with Gasteiger partial charge in [0.15, 0.2) is 17.5 Å². The predicted molar refractivity (Wildman–Crippen MR) is 245 cm³/mol. The van der Waals surface area contributed by atoms with Crippen LogP contribution in [0, 0.1) is 0 Å². The van der Waals surface area contributed by atoms with E-state index in [1.54, 1.807) is 0 Å². The number of benzene rings is 8. The zero-order valence-corrected chi connectivity index (χ0v) is 33.3. The minimum absolute atomic E-state index is 0.0182. The quantitative estimate of drug-likeness (QED) is 0.163. The molecule has 0 aliphatic heterocycles. The third kappa shape index (κ3) is 6.89. The van der Waals surface area contributed by atoms with Crippen molar-refractivity contribution in [3.05, 3.63) is 206 Å². The summed E-state index contributed by atoms with van der Waals surface area (Å²) < 4.78 is 2.41. The van der Waals surface area contributed by atoms with E-state index in [9.17, 15) is 0 Å². The zero-order chi connectivity index (χ0) is 39.9. The van der Waals surface area contributed by atoms with Crippen molar-refractivity contribution in [1.82, 2.24) is 19.5 Å². The number of nitrogens with zero attached hydrogens (tertiary/aromatic N) is 4. The zero-order valence-electron chi connectivity index (χ0n) is 33.3. The fraction of sp³-hybridized carbons (Fsp3) is 0.0727. The number of hydrogen-bond donors (Lipinski definition) is 0. The van der Waals surface area contributed by atoms with Crippen molar-refractivity contribution < 1.29 is 0 Å². The predicted octanol–water partition coefficient (Wildman–Crippen LogP) is 14.3. The van der Waals surface area contributed by atoms with E-state index in [0.717, 1.165) is 55.7 Å². The highest BCUT2D eigenvalue weighted by Gasteiger charge is 2.21. The van der Waals surface area contributed by atoms with Crippen molar-refractivity contribution >= 4 is 21.8 Å². The van der Waals surface area contributed by atoms with Crippen LogP contribution in [-0.2, 0) is 5.41 Å². The van der Waals surface area contributed by atoms with Crippen molar-refractivity contribution in [3.63, 3.8) is 0 Å². The first-order chi connectivity index (χ1) is 28.9. The van der Waals surface area contributed by atoms with Crippen LogP contribution in [0.15, 0.2) is 200 Å². The molecule has 10 rings (SSSR count). The number of hydrogen-bond acceptors (Lipinski definition) is 3. The largest absolute Gasteiger partial charge is 0.309 e. The smallest absolute Gasteiger partial charge is 0.164 e. The van der Waals surface area contributed by atoms with Crippen molar-refractivity contribution in [2.45, 2.75) is 26.2 Å². The van der Waals surface area contributed by atoms with Gasteiger partial charge in [0.25, 0.3) is 0 Å². The van der Waals surface area contributed by atoms with Crippen molar-refractivity contribution in [2.75, 3.05) is 0 Å². The van der Waals surface area contributed by atoms with Crippen LogP contribution < -0.4 is 0 Å². The molecule has 2 heterocycles. The van der Waals surface area contributed by atoms with E-state index < -0.39 is 0 Å². The summed E-state index contributed by atoms with van der Waals surface area (Å²) in [4.78, 5) is 15.6. The molecule has 0 aliphatic rings. The monoisotopic (exact) mass is 758 g/mol. The number of rotatable bonds is 7. The summed E-state index contributed by atoms with van der Waals surface area (Å²) in [5.41, 5.74) is 14.3. The van der Waals surface area contributed by atoms with Crippen molar-refractivity contribution in [1.29, 1.82) is 0 Å². The Bertz CT molecular complexity index is 2990. The van der Waals surface area contributed by atoms with Gasteiger partial charge in [0.2, 0.25) is 0 Å². The van der Waals surface area contributed by atoms with Crippen LogP contribution in [-0.4, -0.2) is 19.5 Å². The molecule has 0 spiro atoms. The Kier molecular flexibility index (Phi) is 9.03. The molecule has 0 unspecified atom stereocenters. The lowest BCUT2D eigenvalue weighted by Crippen LogP contribution is -2.10. The normalized spacial score (nSPS) is 11.6. The fourth-order valence-corrected chi connectivity index (χ4v) is 8.06. The summed E-state index contributed by atoms with van der Waals surface area (Å²) in [7, 11) is 0. The standard InChI is InChI=1S/C55H42N4/c1-55(2,3)45-32-34-50-48(36-45)47-21-13-14-22-49(47)59(50)51-35-44(31-33-46(51)41-19-11-6-12-20-41)54-57-52(42-27-23-39(24-28-42)37-15-7-4-8-16-37)56-53(58-54)43-29-25-40(26-30-43)38-17-9-5-10-18-38/h4-36H,1-3H3. The first-order valence-corrected chi connectivity index (χ1v) is 20.2. The Labute approximate surface area is 345 Å². The van der Waals surface area contributed by atoms with Crippen LogP contribution in [0.2, 0.25) is 0 Å². The van der Waals surface area contributed by atoms with Crippen LogP contribution in [0.3, 0.4) is 0 Å². The van der Waals surface area contributed by atoms with E-state index in [1.165, 1.54) is 27.5 Å². The van der Waals surface area contributed by atoms with Gasteiger partial charge in [-0.15, -0.1) is 0 Å². The molecule has 0 saturated carbocycles. The molecule has 4 heteroatoms. The van der Waals surface area contributed by atoms with Gasteiger partial charge < -0.3 is 4.57 Å². The molecule has 0 aliphatic carbocycles. The summed E-state index contributed by atoms with van der Waals surface area (Å²) in [6.07, 6.45) is 0. The van der Waals surface area contributed by atoms with Gasteiger partial charge >= 0.3 is 0 Å². The van der Waals surface area contributed by atoms with Crippen LogP contribution in [0.25, 0.3) is 95.0 Å². The Hall–Kier alpha value is -7.43. The molecule has 0 amide bonds. The minimum Gasteiger partial charge on any atom is -0.309 e. The second-order valence-corrected chi connectivity index (χ2v) is 16.1. The average Bonchev–Trinajstić information content (AvgIpc) is 3.63. The Morgan fingerprint density at radius 1 is 0.339 bits per heavy atom. The number of fused-ring (bicyclic) bond motifs is 3. The molecule has 0 bridgehead atoms. The third-order valence-corrected chi connectivity index (χ3v) is 11.3. The lowest BCUT2D eigenvalue weighted by molar-refractivity contribution is 0.591. The molecule has 282 valence electrons. The number of aromatic nitrogens is 4. The molecule has 0 fully saturated rings. The van der Waals surface area contributed by atoms with Gasteiger partial charge in [0.05, 0.1) is 16.7 Å². The van der Waals surface area contributed by atoms with Crippen LogP contribution in [0.4, 0.5) is 0 Å². The van der Waals surface area contributed by atoms with Gasteiger partial charge in [-0.25, -0.2) is 15.0 Å². The van der Waals surface area contributed by atoms with Crippen molar-refractivity contribution in [2.24, 2.45) is 0 Å². The molecule has 0 atom stereocenters. The lowest BCUT2D eigenvalue weighted by atomic mass is 9.86. The highest BCUT2D eigenvalue weighted by atomic mass is 15.0. The van der Waals surface area contributed by atoms with E-state index >= 15 is 0 Å². The third-order valence-electron chi connectivity index (χ3n) is 11.3. The van der Waals surface area contributed by atoms with Gasteiger partial charge in [-0.2, -0.15) is 0 Å². The Morgan fingerprint density at radius 2 is 0.763 bits per heavy atom. The SMILES string of the molecule is CC(C)(C)c1ccc2c(c1)c1ccccc1n2-c1cc(-c2nc(-c3ccc(-c4ccccc4)cc3)nc(-c3ccc(-c4ccccc4)cc3)n2)ccc1-c1ccccc1. The van der Waals surface area contributed by atoms with Crippen LogP contribution >= 0.6 is 0 Å². The van der Waals surface area contributed by atoms with Gasteiger partial charge in [0.1, 0.15) is 0 Å². The Balaban J connectivity index is 1.17. The second kappa shape index (κ2) is 14.8. The molecular weight excluding hydrogens is 717 g/mol. The van der Waals surface area contributed by atoms with E-state index in [1.807, 2.05) is 12.1 Å². The molecular formula is C55H42N4. The van der Waals surface area contributed by atoms with Crippen molar-refractivity contribution in [3.8, 4) is 73.2 Å². The summed E-state index contributed by atoms with van der Waals surface area (Å²) >= 11 is 0. The molecule has 2 aromatic heterocycles. The van der Waals surface area contributed by atoms with Gasteiger partial charge in [0, 0.05) is 33.0 Å². The highest BCUT2D eigenvalue weighted by Crippen LogP contribution is 2.40. The van der Waals surface area contributed by atoms with E-state index in [-0.39, 0.29) is 5.41 Å². The molecule has 4 nitrogen and oxygen atoms in total. The number of para-hydroxylation sites is 1. The second-order valence-electron chi connectivity index (χ2n) is 16.1. The van der Waals surface area contributed by atoms with Crippen LogP contribution in [0.5, 0.6) is 0 Å². The minimum atomic E-state index is 0.0182. The lowest BCUT2D eigenvalue weighted by Gasteiger charge is -2.19. The summed E-state index contributed by atoms with van der Waals surface area (Å²) in [6.45, 7) is 6.82. The summed E-state index contributed by atoms with van der Waals surface area (Å²) in [5, 5.41) is 2.46. The maximum absolute atomic E-state index is 5.22. The molecule has 0 saturated heterocycles. The van der Waals surface area contributed by atoms with E-state index in [2.05, 4.69) is 213 Å². The van der Waals surface area contributed by atoms with Gasteiger partial charge in [-0.05, 0) is 63.1 Å². The van der Waals surface area contributed by atoms with Crippen LogP contribution in [0.1, 0.15) is 26.3 Å². The molecule has 0 radical (unpaired) electrons. The topological polar surface area (TPSA) is 43.6 Å². The highest BCUT2D eigenvalue weighted by molar-refractivity contribution is 6.10. The van der Waals surface area contributed by atoms with Gasteiger partial charge in [-0.1, -0.05) is 197 Å². The molecule has 10 aromatic rings. The molecule has 0 N–H and O–H groups in total. The maximum atomic E-state index is 5.22. The maximum Gasteiger partial charge on any atom is 0.164 e. The van der Waals surface area contributed by atoms with E-state index in [4.69, 9.17) is 15.0 Å². The fourth-order valence-electron chi connectivity index (χ4n) is 8.06. The molecule has 8 aromatic carbocycles. The average molecular weight is 759 g/mol. The first-order valence-electron chi connectivity index (χ1n) is 20.2. The van der Waals surface area contributed by atoms with Gasteiger partial charge in [-0.3, -0.25) is 0 Å².